The number of hydrazone groups is 1. The molecular weight excluding hydrogens is 252 g/mol. The molecule has 18 heavy (non-hydrogen) atoms. The molecule has 0 aliphatic carbocycles. The van der Waals surface area contributed by atoms with E-state index in [0.717, 1.165) is 18.6 Å². The average Bonchev–Trinajstić information content (AvgIpc) is 2.39. The molecule has 1 rings (SSSR count). The molecule has 0 bridgehead atoms. The summed E-state index contributed by atoms with van der Waals surface area (Å²) in [6.07, 6.45) is 1.62. The summed E-state index contributed by atoms with van der Waals surface area (Å²) in [6.45, 7) is 3.99. The number of hydrogen-bond donors (Lipinski definition) is 1. The van der Waals surface area contributed by atoms with Gasteiger partial charge >= 0.3 is 0 Å². The van der Waals surface area contributed by atoms with E-state index < -0.39 is 0 Å². The van der Waals surface area contributed by atoms with Crippen LogP contribution in [0.15, 0.2) is 23.3 Å². The average molecular weight is 269 g/mol. The van der Waals surface area contributed by atoms with Gasteiger partial charge in [0.1, 0.15) is 5.75 Å². The minimum atomic E-state index is -0.325. The van der Waals surface area contributed by atoms with Crippen LogP contribution in [0.25, 0.3) is 0 Å². The van der Waals surface area contributed by atoms with Crippen LogP contribution in [0.4, 0.5) is 0 Å². The molecule has 0 aliphatic rings. The third-order valence-corrected chi connectivity index (χ3v) is 2.77. The van der Waals surface area contributed by atoms with Gasteiger partial charge in [0, 0.05) is 10.7 Å². The monoisotopic (exact) mass is 268 g/mol. The molecule has 0 heterocycles. The van der Waals surface area contributed by atoms with Gasteiger partial charge in [0.15, 0.2) is 0 Å². The van der Waals surface area contributed by atoms with E-state index in [1.807, 2.05) is 13.8 Å². The first-order chi connectivity index (χ1) is 8.62. The fraction of sp³-hybridized carbons (Fsp3) is 0.385. The molecule has 98 valence electrons. The first-order valence-electron chi connectivity index (χ1n) is 5.81. The number of carbonyl (C=O) groups excluding carboxylic acids is 1. The van der Waals surface area contributed by atoms with E-state index in [2.05, 4.69) is 10.5 Å². The SMILES string of the molecule is CCC(CC)=NNC(=O)c1cc(Cl)ccc1OC. The van der Waals surface area contributed by atoms with E-state index in [0.29, 0.717) is 16.3 Å². The third kappa shape index (κ3) is 3.74. The molecule has 1 aromatic carbocycles. The molecule has 0 radical (unpaired) electrons. The van der Waals surface area contributed by atoms with Crippen molar-refractivity contribution in [2.45, 2.75) is 26.7 Å². The lowest BCUT2D eigenvalue weighted by Gasteiger charge is -2.08. The Morgan fingerprint density at radius 3 is 2.61 bits per heavy atom. The minimum Gasteiger partial charge on any atom is -0.496 e. The zero-order valence-electron chi connectivity index (χ0n) is 10.8. The highest BCUT2D eigenvalue weighted by molar-refractivity contribution is 6.31. The van der Waals surface area contributed by atoms with Gasteiger partial charge in [-0.2, -0.15) is 5.10 Å². The predicted octanol–water partition coefficient (Wildman–Crippen LogP) is 3.25. The number of methoxy groups -OCH3 is 1. The number of halogens is 1. The van der Waals surface area contributed by atoms with Crippen LogP contribution in [0, 0.1) is 0 Å². The maximum absolute atomic E-state index is 12.0. The Kier molecular flexibility index (Phi) is 5.65. The Balaban J connectivity index is 2.90. The highest BCUT2D eigenvalue weighted by atomic mass is 35.5. The number of rotatable bonds is 5. The van der Waals surface area contributed by atoms with Gasteiger partial charge in [0.2, 0.25) is 0 Å². The maximum Gasteiger partial charge on any atom is 0.275 e. The molecule has 0 saturated carbocycles. The number of hydrogen-bond acceptors (Lipinski definition) is 3. The first kappa shape index (κ1) is 14.5. The third-order valence-electron chi connectivity index (χ3n) is 2.54. The van der Waals surface area contributed by atoms with Gasteiger partial charge in [-0.1, -0.05) is 25.4 Å². The van der Waals surface area contributed by atoms with Gasteiger partial charge in [-0.3, -0.25) is 4.79 Å². The molecule has 4 nitrogen and oxygen atoms in total. The summed E-state index contributed by atoms with van der Waals surface area (Å²) >= 11 is 5.86. The van der Waals surface area contributed by atoms with Crippen LogP contribution < -0.4 is 10.2 Å². The minimum absolute atomic E-state index is 0.325. The molecule has 0 atom stereocenters. The lowest BCUT2D eigenvalue weighted by molar-refractivity contribution is 0.0951. The Hall–Kier alpha value is -1.55. The number of nitrogens with zero attached hydrogens (tertiary/aromatic N) is 1. The van der Waals surface area contributed by atoms with Crippen molar-refractivity contribution < 1.29 is 9.53 Å². The van der Waals surface area contributed by atoms with E-state index in [1.165, 1.54) is 7.11 Å². The van der Waals surface area contributed by atoms with Crippen molar-refractivity contribution in [3.8, 4) is 5.75 Å². The van der Waals surface area contributed by atoms with Crippen LogP contribution in [0.1, 0.15) is 37.0 Å². The summed E-state index contributed by atoms with van der Waals surface area (Å²) < 4.78 is 5.11. The van der Waals surface area contributed by atoms with E-state index in [1.54, 1.807) is 18.2 Å². The van der Waals surface area contributed by atoms with Crippen LogP contribution in [0.5, 0.6) is 5.75 Å². The summed E-state index contributed by atoms with van der Waals surface area (Å²) in [4.78, 5) is 12.0. The Morgan fingerprint density at radius 2 is 2.06 bits per heavy atom. The number of ether oxygens (including phenoxy) is 1. The first-order valence-corrected chi connectivity index (χ1v) is 6.19. The van der Waals surface area contributed by atoms with Gasteiger partial charge in [-0.25, -0.2) is 5.43 Å². The zero-order valence-corrected chi connectivity index (χ0v) is 11.5. The summed E-state index contributed by atoms with van der Waals surface area (Å²) in [6, 6.07) is 4.88. The van der Waals surface area contributed by atoms with Crippen LogP contribution in [-0.4, -0.2) is 18.7 Å². The van der Waals surface area contributed by atoms with Crippen molar-refractivity contribution in [3.63, 3.8) is 0 Å². The molecule has 1 amide bonds. The van der Waals surface area contributed by atoms with E-state index in [9.17, 15) is 4.79 Å². The van der Waals surface area contributed by atoms with Crippen LogP contribution in [0.2, 0.25) is 5.02 Å². The van der Waals surface area contributed by atoms with Gasteiger partial charge < -0.3 is 4.74 Å². The lowest BCUT2D eigenvalue weighted by atomic mass is 10.2. The molecule has 1 N–H and O–H groups in total. The Morgan fingerprint density at radius 1 is 1.39 bits per heavy atom. The van der Waals surface area contributed by atoms with Crippen molar-refractivity contribution in [1.82, 2.24) is 5.43 Å². The summed E-state index contributed by atoms with van der Waals surface area (Å²) in [5, 5.41) is 4.54. The van der Waals surface area contributed by atoms with Crippen molar-refractivity contribution >= 4 is 23.2 Å². The van der Waals surface area contributed by atoms with Crippen molar-refractivity contribution in [2.75, 3.05) is 7.11 Å². The number of nitrogens with one attached hydrogen (secondary N) is 1. The van der Waals surface area contributed by atoms with E-state index in [-0.39, 0.29) is 5.91 Å². The van der Waals surface area contributed by atoms with Gasteiger partial charge in [0.25, 0.3) is 5.91 Å². The summed E-state index contributed by atoms with van der Waals surface area (Å²) in [7, 11) is 1.51. The molecule has 0 unspecified atom stereocenters. The predicted molar refractivity (Wildman–Crippen MR) is 73.5 cm³/mol. The van der Waals surface area contributed by atoms with E-state index in [4.69, 9.17) is 16.3 Å². The quantitative estimate of drug-likeness (QED) is 0.658. The van der Waals surface area contributed by atoms with Crippen molar-refractivity contribution in [1.29, 1.82) is 0 Å². The second-order valence-corrected chi connectivity index (χ2v) is 4.11. The zero-order chi connectivity index (χ0) is 13.5. The van der Waals surface area contributed by atoms with Crippen molar-refractivity contribution in [3.05, 3.63) is 28.8 Å². The second-order valence-electron chi connectivity index (χ2n) is 3.67. The fourth-order valence-corrected chi connectivity index (χ4v) is 1.63. The molecule has 0 spiro atoms. The van der Waals surface area contributed by atoms with Crippen LogP contribution in [0.3, 0.4) is 0 Å². The fourth-order valence-electron chi connectivity index (χ4n) is 1.46. The number of carbonyl (C=O) groups is 1. The largest absolute Gasteiger partial charge is 0.496 e. The summed E-state index contributed by atoms with van der Waals surface area (Å²) in [5.74, 6) is 0.149. The lowest BCUT2D eigenvalue weighted by Crippen LogP contribution is -2.20. The summed E-state index contributed by atoms with van der Waals surface area (Å²) in [5.41, 5.74) is 3.82. The standard InChI is InChI=1S/C13H17ClN2O2/c1-4-10(5-2)15-16-13(17)11-8-9(14)6-7-12(11)18-3/h6-8H,4-5H2,1-3H3,(H,16,17). The topological polar surface area (TPSA) is 50.7 Å². The van der Waals surface area contributed by atoms with Gasteiger partial charge in [-0.05, 0) is 31.0 Å². The van der Waals surface area contributed by atoms with Gasteiger partial charge in [0.05, 0.1) is 12.7 Å². The molecule has 0 saturated heterocycles. The Bertz CT molecular complexity index is 452. The maximum atomic E-state index is 12.0. The van der Waals surface area contributed by atoms with Crippen molar-refractivity contribution in [2.24, 2.45) is 5.10 Å². The molecule has 1 aromatic rings. The van der Waals surface area contributed by atoms with Gasteiger partial charge in [-0.15, -0.1) is 0 Å². The second kappa shape index (κ2) is 7.01. The molecule has 0 fully saturated rings. The smallest absolute Gasteiger partial charge is 0.275 e. The molecule has 0 aromatic heterocycles. The molecule has 0 aliphatic heterocycles. The highest BCUT2D eigenvalue weighted by Crippen LogP contribution is 2.22. The number of amides is 1. The van der Waals surface area contributed by atoms with E-state index >= 15 is 0 Å². The van der Waals surface area contributed by atoms with Crippen LogP contribution in [-0.2, 0) is 0 Å². The number of benzene rings is 1. The van der Waals surface area contributed by atoms with Crippen LogP contribution >= 0.6 is 11.6 Å². The highest BCUT2D eigenvalue weighted by Gasteiger charge is 2.12. The molecule has 5 heteroatoms. The molecular formula is C13H17ClN2O2. The Labute approximate surface area is 112 Å². The normalized spacial score (nSPS) is 9.78.